The number of ether oxygens (including phenoxy) is 2. The van der Waals surface area contributed by atoms with Gasteiger partial charge in [0, 0.05) is 25.1 Å². The summed E-state index contributed by atoms with van der Waals surface area (Å²) in [6.07, 6.45) is 3.90. The molecule has 0 aromatic heterocycles. The van der Waals surface area contributed by atoms with Crippen LogP contribution in [0.1, 0.15) is 43.7 Å². The lowest BCUT2D eigenvalue weighted by molar-refractivity contribution is 0.0772. The predicted octanol–water partition coefficient (Wildman–Crippen LogP) is 3.96. The maximum Gasteiger partial charge on any atom is 0.327 e. The van der Waals surface area contributed by atoms with Crippen molar-refractivity contribution < 1.29 is 17.9 Å². The van der Waals surface area contributed by atoms with E-state index >= 15 is 0 Å². The first kappa shape index (κ1) is 23.5. The molecule has 1 aliphatic carbocycles. The molecule has 6 nitrogen and oxygen atoms in total. The number of hydrogen-bond acceptors (Lipinski definition) is 5. The van der Waals surface area contributed by atoms with Gasteiger partial charge in [-0.1, -0.05) is 19.6 Å². The Bertz CT molecular complexity index is 1040. The number of benzene rings is 1. The average molecular weight is 462 g/mol. The highest BCUT2D eigenvalue weighted by molar-refractivity contribution is 7.94. The van der Waals surface area contributed by atoms with Crippen molar-refractivity contribution in [1.82, 2.24) is 8.79 Å². The van der Waals surface area contributed by atoms with Gasteiger partial charge in [-0.05, 0) is 56.4 Å². The van der Waals surface area contributed by atoms with E-state index in [9.17, 15) is 8.42 Å². The maximum absolute atomic E-state index is 13.8. The van der Waals surface area contributed by atoms with E-state index in [1.165, 1.54) is 12.0 Å². The molecule has 1 aromatic carbocycles. The normalized spacial score (nSPS) is 26.1. The first-order valence-corrected chi connectivity index (χ1v) is 13.1. The molecule has 0 spiro atoms. The van der Waals surface area contributed by atoms with E-state index in [1.54, 1.807) is 27.1 Å². The third-order valence-corrected chi connectivity index (χ3v) is 10.0. The smallest absolute Gasteiger partial charge is 0.327 e. The summed E-state index contributed by atoms with van der Waals surface area (Å²) in [6.45, 7) is 13.6. The summed E-state index contributed by atoms with van der Waals surface area (Å²) in [5.74, 6) is 2.07. The second kappa shape index (κ2) is 8.60. The summed E-state index contributed by atoms with van der Waals surface area (Å²) >= 11 is 0. The number of quaternary nitrogens is 1. The van der Waals surface area contributed by atoms with Gasteiger partial charge in [0.2, 0.25) is 0 Å². The minimum absolute atomic E-state index is 0.134. The Balaban J connectivity index is 1.60. The van der Waals surface area contributed by atoms with Crippen LogP contribution in [0, 0.1) is 12.8 Å². The number of likely N-dealkylation sites (tertiary alicyclic amines) is 1. The summed E-state index contributed by atoms with van der Waals surface area (Å²) in [6, 6.07) is 4.03. The fraction of sp³-hybridized carbons (Fsp3) is 0.600. The lowest BCUT2D eigenvalue weighted by Crippen LogP contribution is -2.47. The monoisotopic (exact) mass is 461 g/mol. The number of likely N-dealkylation sites (N-methyl/N-ethyl adjacent to an activating group) is 1. The Morgan fingerprint density at radius 2 is 2.12 bits per heavy atom. The largest absolute Gasteiger partial charge is 0.492 e. The molecule has 0 bridgehead atoms. The summed E-state index contributed by atoms with van der Waals surface area (Å²) in [5, 5.41) is 0. The van der Waals surface area contributed by atoms with Crippen LogP contribution in [0.25, 0.3) is 0 Å². The zero-order valence-electron chi connectivity index (χ0n) is 20.1. The predicted molar refractivity (Wildman–Crippen MR) is 129 cm³/mol. The molecule has 0 N–H and O–H groups in total. The van der Waals surface area contributed by atoms with Crippen LogP contribution in [0.2, 0.25) is 0 Å². The number of allylic oxidation sites excluding steroid dienone is 1. The highest BCUT2D eigenvalue weighted by atomic mass is 32.2. The highest BCUT2D eigenvalue weighted by Crippen LogP contribution is 2.55. The zero-order valence-corrected chi connectivity index (χ0v) is 20.9. The van der Waals surface area contributed by atoms with Gasteiger partial charge in [0.05, 0.1) is 39.0 Å². The van der Waals surface area contributed by atoms with Crippen LogP contribution >= 0.6 is 0 Å². The van der Waals surface area contributed by atoms with Crippen LogP contribution in [-0.4, -0.2) is 66.4 Å². The van der Waals surface area contributed by atoms with Crippen LogP contribution in [0.4, 0.5) is 5.69 Å². The van der Waals surface area contributed by atoms with Crippen LogP contribution in [0.3, 0.4) is 0 Å². The number of rotatable bonds is 8. The Morgan fingerprint density at radius 3 is 2.78 bits per heavy atom. The van der Waals surface area contributed by atoms with Crippen molar-refractivity contribution in [1.29, 1.82) is 0 Å². The Hall–Kier alpha value is -1.67. The molecule has 3 aliphatic rings. The molecule has 3 atom stereocenters. The van der Waals surface area contributed by atoms with E-state index in [4.69, 9.17) is 9.47 Å². The third-order valence-electron chi connectivity index (χ3n) is 7.59. The van der Waals surface area contributed by atoms with Crippen molar-refractivity contribution in [3.63, 3.8) is 0 Å². The van der Waals surface area contributed by atoms with Crippen molar-refractivity contribution in [3.05, 3.63) is 46.4 Å². The van der Waals surface area contributed by atoms with Gasteiger partial charge >= 0.3 is 10.0 Å². The van der Waals surface area contributed by atoms with Gasteiger partial charge in [0.15, 0.2) is 5.69 Å². The first-order chi connectivity index (χ1) is 15.1. The van der Waals surface area contributed by atoms with E-state index in [0.717, 1.165) is 49.7 Å². The van der Waals surface area contributed by atoms with Crippen molar-refractivity contribution in [3.8, 4) is 5.75 Å². The molecule has 0 radical (unpaired) electrons. The molecule has 1 saturated heterocycles. The number of fused-ring (bicyclic) bond motifs is 3. The molecule has 32 heavy (non-hydrogen) atoms. The van der Waals surface area contributed by atoms with Crippen LogP contribution in [-0.2, 0) is 14.8 Å². The van der Waals surface area contributed by atoms with E-state index in [0.29, 0.717) is 22.3 Å². The van der Waals surface area contributed by atoms with E-state index < -0.39 is 10.0 Å². The number of hydrogen-bond donors (Lipinski definition) is 0. The average Bonchev–Trinajstić information content (AvgIpc) is 3.43. The molecule has 0 amide bonds. The zero-order chi connectivity index (χ0) is 23.3. The van der Waals surface area contributed by atoms with E-state index in [2.05, 4.69) is 24.5 Å². The van der Waals surface area contributed by atoms with Gasteiger partial charge in [-0.15, -0.1) is 0 Å². The summed E-state index contributed by atoms with van der Waals surface area (Å²) in [4.78, 5) is 2.65. The molecule has 2 fully saturated rings. The second-order valence-electron chi connectivity index (χ2n) is 9.77. The molecular weight excluding hydrogens is 424 g/mol. The van der Waals surface area contributed by atoms with Gasteiger partial charge in [0.1, 0.15) is 10.7 Å². The van der Waals surface area contributed by atoms with Gasteiger partial charge in [-0.2, -0.15) is 12.3 Å². The Morgan fingerprint density at radius 1 is 1.38 bits per heavy atom. The molecule has 2 aliphatic heterocycles. The number of nitrogens with zero attached hydrogens (tertiary/aromatic N) is 2. The summed E-state index contributed by atoms with van der Waals surface area (Å²) in [7, 11) is -0.256. The topological polar surface area (TPSA) is 55.8 Å². The fourth-order valence-electron chi connectivity index (χ4n) is 5.14. The lowest BCUT2D eigenvalue weighted by atomic mass is 10.0. The highest BCUT2D eigenvalue weighted by Gasteiger charge is 2.46. The first-order valence-electron chi connectivity index (χ1n) is 11.6. The third kappa shape index (κ3) is 3.94. The number of sulfonamides is 1. The second-order valence-corrected chi connectivity index (χ2v) is 12.2. The van der Waals surface area contributed by atoms with Crippen molar-refractivity contribution in [2.75, 3.05) is 46.9 Å². The van der Waals surface area contributed by atoms with Gasteiger partial charge in [-0.25, -0.2) is 0 Å². The van der Waals surface area contributed by atoms with Crippen LogP contribution in [0.15, 0.2) is 35.3 Å². The summed E-state index contributed by atoms with van der Waals surface area (Å²) in [5.41, 5.74) is 3.50. The molecule has 7 heteroatoms. The van der Waals surface area contributed by atoms with Crippen LogP contribution in [0.5, 0.6) is 5.75 Å². The molecule has 3 unspecified atom stereocenters. The molecule has 4 rings (SSSR count). The fourth-order valence-corrected chi connectivity index (χ4v) is 6.76. The van der Waals surface area contributed by atoms with Gasteiger partial charge in [0.25, 0.3) is 0 Å². The van der Waals surface area contributed by atoms with Gasteiger partial charge in [-0.3, -0.25) is 0 Å². The van der Waals surface area contributed by atoms with Gasteiger partial charge < -0.3 is 14.4 Å². The molecular formula is C25H37N2O4S+. The minimum Gasteiger partial charge on any atom is -0.492 e. The van der Waals surface area contributed by atoms with Crippen molar-refractivity contribution >= 4 is 15.7 Å². The minimum atomic E-state index is -3.72. The SMILES string of the molecule is C=CC(COC1CCN(CC)C1)=C(C)S(=O)(=O)[N+](C)(C)c1ccc2c(c1C)OCC1CC21. The molecule has 1 aromatic rings. The lowest BCUT2D eigenvalue weighted by Gasteiger charge is -2.32. The van der Waals surface area contributed by atoms with Crippen molar-refractivity contribution in [2.24, 2.45) is 5.92 Å². The molecule has 176 valence electrons. The Labute approximate surface area is 193 Å². The van der Waals surface area contributed by atoms with E-state index in [-0.39, 0.29) is 16.6 Å². The van der Waals surface area contributed by atoms with Crippen LogP contribution < -0.4 is 8.63 Å². The quantitative estimate of drug-likeness (QED) is 0.433. The standard InChI is InChI=1S/C25H37N2O4S/c1-7-19(15-30-21-11-12-26(8-2)14-21)18(4)32(28,29)27(5,6)24-10-9-22-23-13-20(23)16-31-25(22)17(24)3/h7,9-10,20-21,23H,1,8,11-16H2,2-6H3/q+1. The Kier molecular flexibility index (Phi) is 6.31. The maximum atomic E-state index is 13.8. The molecule has 1 saturated carbocycles. The van der Waals surface area contributed by atoms with E-state index in [1.807, 2.05) is 13.0 Å². The molecule has 2 heterocycles. The van der Waals surface area contributed by atoms with Crippen molar-refractivity contribution in [2.45, 2.75) is 45.6 Å². The summed E-state index contributed by atoms with van der Waals surface area (Å²) < 4.78 is 39.4.